The van der Waals surface area contributed by atoms with E-state index in [1.165, 1.54) is 16.5 Å². The predicted octanol–water partition coefficient (Wildman–Crippen LogP) is 7.17. The SMILES string of the molecule is Clc1ccc(COc2ccc3ccccc3c2CNc2ccc(N3CCOCC3)cc2)c(Cl)c1. The Bertz CT molecular complexity index is 1270. The molecule has 1 N–H and O–H groups in total. The van der Waals surface area contributed by atoms with Gasteiger partial charge in [-0.15, -0.1) is 0 Å². The summed E-state index contributed by atoms with van der Waals surface area (Å²) in [6.07, 6.45) is 0. The fourth-order valence-corrected chi connectivity index (χ4v) is 4.69. The van der Waals surface area contributed by atoms with Gasteiger partial charge in [-0.3, -0.25) is 0 Å². The van der Waals surface area contributed by atoms with E-state index in [2.05, 4.69) is 64.8 Å². The molecule has 0 saturated carbocycles. The minimum Gasteiger partial charge on any atom is -0.488 e. The second-order valence-electron chi connectivity index (χ2n) is 8.29. The number of ether oxygens (including phenoxy) is 2. The monoisotopic (exact) mass is 492 g/mol. The van der Waals surface area contributed by atoms with Crippen LogP contribution in [0.1, 0.15) is 11.1 Å². The fourth-order valence-electron chi connectivity index (χ4n) is 4.23. The van der Waals surface area contributed by atoms with E-state index in [-0.39, 0.29) is 0 Å². The van der Waals surface area contributed by atoms with Crippen LogP contribution in [0.15, 0.2) is 78.9 Å². The number of nitrogens with one attached hydrogen (secondary N) is 1. The van der Waals surface area contributed by atoms with Crippen LogP contribution in [-0.4, -0.2) is 26.3 Å². The number of rotatable bonds is 7. The maximum Gasteiger partial charge on any atom is 0.125 e. The fraction of sp³-hybridized carbons (Fsp3) is 0.214. The van der Waals surface area contributed by atoms with Crippen LogP contribution in [0.4, 0.5) is 11.4 Å². The molecule has 0 amide bonds. The third-order valence-corrected chi connectivity index (χ3v) is 6.70. The van der Waals surface area contributed by atoms with Gasteiger partial charge in [0.05, 0.1) is 13.2 Å². The van der Waals surface area contributed by atoms with E-state index >= 15 is 0 Å². The molecule has 34 heavy (non-hydrogen) atoms. The summed E-state index contributed by atoms with van der Waals surface area (Å²) in [6, 6.07) is 26.5. The van der Waals surface area contributed by atoms with Crippen LogP contribution in [0.25, 0.3) is 10.8 Å². The molecule has 1 heterocycles. The average molecular weight is 493 g/mol. The minimum atomic E-state index is 0.371. The zero-order valence-electron chi connectivity index (χ0n) is 18.8. The van der Waals surface area contributed by atoms with Gasteiger partial charge in [-0.2, -0.15) is 0 Å². The van der Waals surface area contributed by atoms with Gasteiger partial charge in [-0.05, 0) is 53.2 Å². The largest absolute Gasteiger partial charge is 0.488 e. The highest BCUT2D eigenvalue weighted by Gasteiger charge is 2.13. The van der Waals surface area contributed by atoms with Gasteiger partial charge < -0.3 is 19.7 Å². The number of benzene rings is 4. The molecule has 0 aliphatic carbocycles. The van der Waals surface area contributed by atoms with Crippen LogP contribution in [0.5, 0.6) is 5.75 Å². The third kappa shape index (κ3) is 5.25. The van der Waals surface area contributed by atoms with Crippen LogP contribution in [0, 0.1) is 0 Å². The van der Waals surface area contributed by atoms with Gasteiger partial charge in [0.2, 0.25) is 0 Å². The van der Waals surface area contributed by atoms with Crippen molar-refractivity contribution in [2.75, 3.05) is 36.5 Å². The second-order valence-corrected chi connectivity index (χ2v) is 9.13. The molecule has 174 valence electrons. The highest BCUT2D eigenvalue weighted by Crippen LogP contribution is 2.31. The Labute approximate surface area is 210 Å². The summed E-state index contributed by atoms with van der Waals surface area (Å²) in [7, 11) is 0. The lowest BCUT2D eigenvalue weighted by Gasteiger charge is -2.29. The first-order valence-electron chi connectivity index (χ1n) is 11.4. The van der Waals surface area contributed by atoms with Gasteiger partial charge in [-0.25, -0.2) is 0 Å². The second kappa shape index (κ2) is 10.6. The van der Waals surface area contributed by atoms with Crippen molar-refractivity contribution in [1.29, 1.82) is 0 Å². The highest BCUT2D eigenvalue weighted by molar-refractivity contribution is 6.35. The van der Waals surface area contributed by atoms with Gasteiger partial charge >= 0.3 is 0 Å². The summed E-state index contributed by atoms with van der Waals surface area (Å²) in [6.45, 7) is 4.44. The Hall–Kier alpha value is -2.92. The van der Waals surface area contributed by atoms with Gasteiger partial charge in [0.1, 0.15) is 12.4 Å². The molecule has 0 radical (unpaired) electrons. The summed E-state index contributed by atoms with van der Waals surface area (Å²) >= 11 is 12.4. The molecule has 0 spiro atoms. The topological polar surface area (TPSA) is 33.7 Å². The maximum atomic E-state index is 6.35. The first-order chi connectivity index (χ1) is 16.7. The number of morpholine rings is 1. The van der Waals surface area contributed by atoms with Gasteiger partial charge in [0.25, 0.3) is 0 Å². The predicted molar refractivity (Wildman–Crippen MR) is 142 cm³/mol. The number of nitrogens with zero attached hydrogens (tertiary/aromatic N) is 1. The van der Waals surface area contributed by atoms with E-state index in [0.717, 1.165) is 48.9 Å². The molecule has 5 rings (SSSR count). The Morgan fingerprint density at radius 2 is 1.68 bits per heavy atom. The zero-order chi connectivity index (χ0) is 23.3. The van der Waals surface area contributed by atoms with E-state index in [9.17, 15) is 0 Å². The van der Waals surface area contributed by atoms with Crippen molar-refractivity contribution in [2.24, 2.45) is 0 Å². The lowest BCUT2D eigenvalue weighted by molar-refractivity contribution is 0.122. The summed E-state index contributed by atoms with van der Waals surface area (Å²) in [5.41, 5.74) is 4.30. The van der Waals surface area contributed by atoms with E-state index in [4.69, 9.17) is 32.7 Å². The number of halogens is 2. The molecule has 1 fully saturated rings. The number of hydrogen-bond donors (Lipinski definition) is 1. The van der Waals surface area contributed by atoms with E-state index < -0.39 is 0 Å². The highest BCUT2D eigenvalue weighted by atomic mass is 35.5. The molecule has 1 aliphatic heterocycles. The number of anilines is 2. The average Bonchev–Trinajstić information content (AvgIpc) is 2.88. The van der Waals surface area contributed by atoms with Crippen LogP contribution >= 0.6 is 23.2 Å². The molecule has 1 saturated heterocycles. The molecule has 0 atom stereocenters. The van der Waals surface area contributed by atoms with Crippen LogP contribution in [0.2, 0.25) is 10.0 Å². The molecule has 1 aliphatic rings. The third-order valence-electron chi connectivity index (χ3n) is 6.11. The molecule has 0 aromatic heterocycles. The van der Waals surface area contributed by atoms with E-state index in [1.807, 2.05) is 18.2 Å². The summed E-state index contributed by atoms with van der Waals surface area (Å²) in [5.74, 6) is 0.835. The van der Waals surface area contributed by atoms with Crippen molar-refractivity contribution in [3.8, 4) is 5.75 Å². The van der Waals surface area contributed by atoms with Crippen LogP contribution < -0.4 is 15.0 Å². The van der Waals surface area contributed by atoms with Crippen molar-refractivity contribution < 1.29 is 9.47 Å². The summed E-state index contributed by atoms with van der Waals surface area (Å²) < 4.78 is 11.7. The number of fused-ring (bicyclic) bond motifs is 1. The Morgan fingerprint density at radius 1 is 0.882 bits per heavy atom. The first-order valence-corrected chi connectivity index (χ1v) is 12.2. The summed E-state index contributed by atoms with van der Waals surface area (Å²) in [4.78, 5) is 2.35. The van der Waals surface area contributed by atoms with Crippen LogP contribution in [-0.2, 0) is 17.9 Å². The lowest BCUT2D eigenvalue weighted by Crippen LogP contribution is -2.36. The molecule has 4 aromatic rings. The Morgan fingerprint density at radius 3 is 2.47 bits per heavy atom. The van der Waals surface area contributed by atoms with Crippen molar-refractivity contribution in [2.45, 2.75) is 13.2 Å². The molecular formula is C28H26Cl2N2O2. The van der Waals surface area contributed by atoms with Crippen LogP contribution in [0.3, 0.4) is 0 Å². The van der Waals surface area contributed by atoms with Gasteiger partial charge in [-0.1, -0.05) is 59.6 Å². The standard InChI is InChI=1S/C28H26Cl2N2O2/c29-22-7-5-21(27(30)17-22)19-34-28-12-6-20-3-1-2-4-25(20)26(28)18-31-23-8-10-24(11-9-23)32-13-15-33-16-14-32/h1-12,17,31H,13-16,18-19H2. The molecule has 0 unspecified atom stereocenters. The quantitative estimate of drug-likeness (QED) is 0.296. The van der Waals surface area contributed by atoms with E-state index in [0.29, 0.717) is 23.2 Å². The summed E-state index contributed by atoms with van der Waals surface area (Å²) in [5, 5.41) is 7.14. The van der Waals surface area contributed by atoms with Crippen molar-refractivity contribution in [3.05, 3.63) is 100 Å². The van der Waals surface area contributed by atoms with E-state index in [1.54, 1.807) is 6.07 Å². The molecule has 0 bridgehead atoms. The Kier molecular flexibility index (Phi) is 7.10. The van der Waals surface area contributed by atoms with Gasteiger partial charge in [0, 0.05) is 52.2 Å². The Balaban J connectivity index is 1.35. The molecule has 4 nitrogen and oxygen atoms in total. The first kappa shape index (κ1) is 22.9. The molecule has 4 aromatic carbocycles. The van der Waals surface area contributed by atoms with Gasteiger partial charge in [0.15, 0.2) is 0 Å². The van der Waals surface area contributed by atoms with Crippen molar-refractivity contribution in [3.63, 3.8) is 0 Å². The van der Waals surface area contributed by atoms with Crippen molar-refractivity contribution >= 4 is 45.3 Å². The lowest BCUT2D eigenvalue weighted by atomic mass is 10.0. The zero-order valence-corrected chi connectivity index (χ0v) is 20.3. The molecular weight excluding hydrogens is 467 g/mol. The normalized spacial score (nSPS) is 13.8. The minimum absolute atomic E-state index is 0.371. The van der Waals surface area contributed by atoms with Crippen molar-refractivity contribution in [1.82, 2.24) is 0 Å². The number of hydrogen-bond acceptors (Lipinski definition) is 4. The molecule has 6 heteroatoms. The maximum absolute atomic E-state index is 6.35. The smallest absolute Gasteiger partial charge is 0.125 e.